The van der Waals surface area contributed by atoms with Gasteiger partial charge in [-0.25, -0.2) is 0 Å². The predicted octanol–water partition coefficient (Wildman–Crippen LogP) is 5.12. The highest BCUT2D eigenvalue weighted by Gasteiger charge is 2.53. The zero-order valence-corrected chi connectivity index (χ0v) is 19.3. The third-order valence-corrected chi connectivity index (χ3v) is 7.73. The first kappa shape index (κ1) is 20.8. The fraction of sp³-hybridized carbons (Fsp3) is 0.583. The molecule has 7 heteroatoms. The van der Waals surface area contributed by atoms with E-state index in [4.69, 9.17) is 25.6 Å². The molecule has 0 radical (unpaired) electrons. The van der Waals surface area contributed by atoms with Crippen LogP contribution in [0.3, 0.4) is 0 Å². The molecule has 0 unspecified atom stereocenters. The minimum absolute atomic E-state index is 0.00922. The van der Waals surface area contributed by atoms with Gasteiger partial charge in [-0.05, 0) is 70.6 Å². The highest BCUT2D eigenvalue weighted by atomic mass is 35.5. The molecule has 4 heterocycles. The SMILES string of the molecule is Cc1noc(C)c1C(=O)N1CCC2(CC1)CO[C@@H]1c3cc(Cl)ccc3OC(C)(C)[C@H]1C2. The molecule has 31 heavy (non-hydrogen) atoms. The quantitative estimate of drug-likeness (QED) is 0.611. The number of carbonyl (C=O) groups excluding carboxylic acids is 1. The van der Waals surface area contributed by atoms with Crippen molar-refractivity contribution in [3.63, 3.8) is 0 Å². The van der Waals surface area contributed by atoms with Crippen molar-refractivity contribution in [2.24, 2.45) is 11.3 Å². The van der Waals surface area contributed by atoms with Gasteiger partial charge >= 0.3 is 0 Å². The molecule has 0 aliphatic carbocycles. The van der Waals surface area contributed by atoms with Crippen molar-refractivity contribution < 1.29 is 18.8 Å². The summed E-state index contributed by atoms with van der Waals surface area (Å²) in [5, 5.41) is 4.64. The largest absolute Gasteiger partial charge is 0.487 e. The van der Waals surface area contributed by atoms with Gasteiger partial charge in [0.15, 0.2) is 0 Å². The van der Waals surface area contributed by atoms with Gasteiger partial charge in [0.05, 0.1) is 18.4 Å². The number of rotatable bonds is 1. The van der Waals surface area contributed by atoms with E-state index in [0.29, 0.717) is 41.7 Å². The molecule has 3 aliphatic heterocycles. The van der Waals surface area contributed by atoms with Crippen LogP contribution in [0.4, 0.5) is 0 Å². The number of likely N-dealkylation sites (tertiary alicyclic amines) is 1. The first-order valence-corrected chi connectivity index (χ1v) is 11.4. The standard InChI is InChI=1S/C24H29ClN2O4/c1-14-20(15(2)31-26-14)22(28)27-9-7-24(8-10-27)12-18-21(29-13-24)17-11-16(25)5-6-19(17)30-23(18,3)4/h5-6,11,18,21H,7-10,12-13H2,1-4H3/t18-,21+/m0/s1. The number of aromatic nitrogens is 1. The lowest BCUT2D eigenvalue weighted by atomic mass is 9.64. The number of hydrogen-bond donors (Lipinski definition) is 0. The fourth-order valence-electron chi connectivity index (χ4n) is 5.60. The monoisotopic (exact) mass is 444 g/mol. The third kappa shape index (κ3) is 3.44. The fourth-order valence-corrected chi connectivity index (χ4v) is 5.79. The van der Waals surface area contributed by atoms with Gasteiger partial charge < -0.3 is 18.9 Å². The number of nitrogens with zero attached hydrogens (tertiary/aromatic N) is 2. The normalized spacial score (nSPS) is 26.2. The van der Waals surface area contributed by atoms with Gasteiger partial charge in [-0.3, -0.25) is 4.79 Å². The molecule has 5 rings (SSSR count). The van der Waals surface area contributed by atoms with Gasteiger partial charge in [0.25, 0.3) is 5.91 Å². The van der Waals surface area contributed by atoms with Crippen molar-refractivity contribution in [1.29, 1.82) is 0 Å². The smallest absolute Gasteiger partial charge is 0.259 e. The molecule has 166 valence electrons. The molecule has 2 fully saturated rings. The predicted molar refractivity (Wildman–Crippen MR) is 117 cm³/mol. The van der Waals surface area contributed by atoms with Gasteiger partial charge in [0.1, 0.15) is 22.7 Å². The lowest BCUT2D eigenvalue weighted by Crippen LogP contribution is -2.54. The molecule has 2 atom stereocenters. The summed E-state index contributed by atoms with van der Waals surface area (Å²) >= 11 is 6.27. The second kappa shape index (κ2) is 7.24. The highest BCUT2D eigenvalue weighted by Crippen LogP contribution is 2.55. The Balaban J connectivity index is 1.33. The maximum absolute atomic E-state index is 13.0. The summed E-state index contributed by atoms with van der Waals surface area (Å²) in [7, 11) is 0. The lowest BCUT2D eigenvalue weighted by molar-refractivity contribution is -0.173. The Hall–Kier alpha value is -2.05. The number of aryl methyl sites for hydroxylation is 2. The first-order chi connectivity index (χ1) is 14.7. The molecule has 1 amide bonds. The Morgan fingerprint density at radius 1 is 1.23 bits per heavy atom. The van der Waals surface area contributed by atoms with Gasteiger partial charge in [0.2, 0.25) is 0 Å². The van der Waals surface area contributed by atoms with E-state index in [1.165, 1.54) is 0 Å². The summed E-state index contributed by atoms with van der Waals surface area (Å²) in [6.07, 6.45) is 2.85. The zero-order chi connectivity index (χ0) is 22.0. The Morgan fingerprint density at radius 2 is 1.97 bits per heavy atom. The molecule has 0 saturated carbocycles. The Kier molecular flexibility index (Phi) is 4.87. The molecular weight excluding hydrogens is 416 g/mol. The van der Waals surface area contributed by atoms with E-state index in [2.05, 4.69) is 19.0 Å². The van der Waals surface area contributed by atoms with Gasteiger partial charge in [-0.1, -0.05) is 16.8 Å². The van der Waals surface area contributed by atoms with Crippen LogP contribution in [0.5, 0.6) is 5.75 Å². The zero-order valence-electron chi connectivity index (χ0n) is 18.5. The summed E-state index contributed by atoms with van der Waals surface area (Å²) in [4.78, 5) is 15.0. The van der Waals surface area contributed by atoms with Crippen LogP contribution in [0.1, 0.15) is 66.6 Å². The van der Waals surface area contributed by atoms with Crippen LogP contribution in [-0.2, 0) is 4.74 Å². The number of ether oxygens (including phenoxy) is 2. The minimum Gasteiger partial charge on any atom is -0.487 e. The summed E-state index contributed by atoms with van der Waals surface area (Å²) in [5.41, 5.74) is 2.05. The molecule has 6 nitrogen and oxygen atoms in total. The second-order valence-corrected chi connectivity index (χ2v) is 10.4. The summed E-state index contributed by atoms with van der Waals surface area (Å²) < 4.78 is 18.1. The number of benzene rings is 1. The van der Waals surface area contributed by atoms with Crippen molar-refractivity contribution in [3.05, 3.63) is 45.8 Å². The van der Waals surface area contributed by atoms with E-state index >= 15 is 0 Å². The number of halogens is 1. The van der Waals surface area contributed by atoms with Crippen molar-refractivity contribution in [3.8, 4) is 5.75 Å². The van der Waals surface area contributed by atoms with E-state index < -0.39 is 0 Å². The molecule has 0 N–H and O–H groups in total. The maximum atomic E-state index is 13.0. The second-order valence-electron chi connectivity index (χ2n) is 9.92. The van der Waals surface area contributed by atoms with Crippen LogP contribution in [0.2, 0.25) is 5.02 Å². The maximum Gasteiger partial charge on any atom is 0.259 e. The molecule has 1 aromatic heterocycles. The molecular formula is C24H29ClN2O4. The van der Waals surface area contributed by atoms with Gasteiger partial charge in [-0.2, -0.15) is 0 Å². The number of carbonyl (C=O) groups is 1. The van der Waals surface area contributed by atoms with Crippen molar-refractivity contribution in [1.82, 2.24) is 10.1 Å². The molecule has 2 aromatic rings. The van der Waals surface area contributed by atoms with Gasteiger partial charge in [0, 0.05) is 29.6 Å². The average Bonchev–Trinajstić information content (AvgIpc) is 3.07. The van der Waals surface area contributed by atoms with Crippen LogP contribution in [-0.4, -0.2) is 41.3 Å². The lowest BCUT2D eigenvalue weighted by Gasteiger charge is -2.54. The van der Waals surface area contributed by atoms with Crippen molar-refractivity contribution in [2.45, 2.75) is 58.7 Å². The molecule has 1 spiro atoms. The molecule has 0 bridgehead atoms. The van der Waals surface area contributed by atoms with E-state index in [1.807, 2.05) is 30.0 Å². The van der Waals surface area contributed by atoms with Crippen molar-refractivity contribution in [2.75, 3.05) is 19.7 Å². The van der Waals surface area contributed by atoms with E-state index in [1.54, 1.807) is 6.92 Å². The minimum atomic E-state index is -0.331. The third-order valence-electron chi connectivity index (χ3n) is 7.49. The van der Waals surface area contributed by atoms with Crippen LogP contribution < -0.4 is 4.74 Å². The Labute approximate surface area is 187 Å². The number of hydrogen-bond acceptors (Lipinski definition) is 5. The van der Waals surface area contributed by atoms with Crippen LogP contribution in [0.25, 0.3) is 0 Å². The Bertz CT molecular complexity index is 1000. The first-order valence-electron chi connectivity index (χ1n) is 11.0. The van der Waals surface area contributed by atoms with Crippen LogP contribution in [0.15, 0.2) is 22.7 Å². The molecule has 1 aromatic carbocycles. The number of amides is 1. The van der Waals surface area contributed by atoms with Crippen LogP contribution >= 0.6 is 11.6 Å². The van der Waals surface area contributed by atoms with E-state index in [-0.39, 0.29) is 28.9 Å². The topological polar surface area (TPSA) is 64.8 Å². The number of fused-ring (bicyclic) bond motifs is 3. The number of piperidine rings is 1. The van der Waals surface area contributed by atoms with Crippen molar-refractivity contribution >= 4 is 17.5 Å². The molecule has 3 aliphatic rings. The van der Waals surface area contributed by atoms with E-state index in [9.17, 15) is 4.79 Å². The highest BCUT2D eigenvalue weighted by molar-refractivity contribution is 6.30. The summed E-state index contributed by atoms with van der Waals surface area (Å²) in [6, 6.07) is 5.79. The summed E-state index contributed by atoms with van der Waals surface area (Å²) in [5.74, 6) is 1.71. The van der Waals surface area contributed by atoms with Gasteiger partial charge in [-0.15, -0.1) is 0 Å². The average molecular weight is 445 g/mol. The van der Waals surface area contributed by atoms with E-state index in [0.717, 1.165) is 30.6 Å². The Morgan fingerprint density at radius 3 is 2.65 bits per heavy atom. The van der Waals surface area contributed by atoms with Crippen LogP contribution in [0, 0.1) is 25.2 Å². The molecule has 2 saturated heterocycles. The summed E-state index contributed by atoms with van der Waals surface area (Å²) in [6.45, 7) is 10.0.